The van der Waals surface area contributed by atoms with Crippen LogP contribution in [0.15, 0.2) is 48.5 Å². The summed E-state index contributed by atoms with van der Waals surface area (Å²) in [5.74, 6) is -0.0145. The third-order valence-electron chi connectivity index (χ3n) is 4.47. The molecule has 1 amide bonds. The van der Waals surface area contributed by atoms with Crippen LogP contribution in [0, 0.1) is 17.0 Å². The van der Waals surface area contributed by atoms with Gasteiger partial charge in [-0.15, -0.1) is 0 Å². The normalized spacial score (nSPS) is 14.9. The molecule has 0 atom stereocenters. The number of nitro groups is 1. The molecule has 0 aromatic heterocycles. The molecule has 2 aromatic carbocycles. The topological polar surface area (TPSA) is 78.7 Å². The maximum atomic E-state index is 12.2. The molecule has 0 unspecified atom stereocenters. The second-order valence-corrected chi connectivity index (χ2v) is 6.45. The Labute approximate surface area is 152 Å². The fourth-order valence-electron chi connectivity index (χ4n) is 3.08. The van der Waals surface area contributed by atoms with E-state index >= 15 is 0 Å². The molecular formula is C19H22N4O3. The van der Waals surface area contributed by atoms with Gasteiger partial charge in [0.1, 0.15) is 0 Å². The van der Waals surface area contributed by atoms with Gasteiger partial charge < -0.3 is 10.2 Å². The van der Waals surface area contributed by atoms with Crippen LogP contribution in [0.2, 0.25) is 0 Å². The van der Waals surface area contributed by atoms with Crippen molar-refractivity contribution in [1.82, 2.24) is 4.90 Å². The summed E-state index contributed by atoms with van der Waals surface area (Å²) in [6, 6.07) is 14.4. The van der Waals surface area contributed by atoms with Crippen molar-refractivity contribution in [1.29, 1.82) is 0 Å². The average Bonchev–Trinajstić information content (AvgIpc) is 2.62. The van der Waals surface area contributed by atoms with Gasteiger partial charge in [-0.05, 0) is 36.8 Å². The summed E-state index contributed by atoms with van der Waals surface area (Å²) in [5.41, 5.74) is 3.00. The number of nitrogens with one attached hydrogen (secondary N) is 1. The first-order valence-corrected chi connectivity index (χ1v) is 8.59. The van der Waals surface area contributed by atoms with Gasteiger partial charge in [-0.2, -0.15) is 0 Å². The van der Waals surface area contributed by atoms with E-state index in [0.717, 1.165) is 43.1 Å². The van der Waals surface area contributed by atoms with Gasteiger partial charge in [0.05, 0.1) is 11.5 Å². The highest BCUT2D eigenvalue weighted by atomic mass is 16.6. The van der Waals surface area contributed by atoms with Crippen LogP contribution in [0.25, 0.3) is 0 Å². The third-order valence-corrected chi connectivity index (χ3v) is 4.47. The largest absolute Gasteiger partial charge is 0.369 e. The highest BCUT2D eigenvalue weighted by Gasteiger charge is 2.19. The van der Waals surface area contributed by atoms with E-state index in [1.54, 1.807) is 12.1 Å². The second kappa shape index (κ2) is 7.97. The number of nitrogens with zero attached hydrogens (tertiary/aromatic N) is 3. The highest BCUT2D eigenvalue weighted by molar-refractivity contribution is 5.92. The van der Waals surface area contributed by atoms with E-state index in [-0.39, 0.29) is 11.6 Å². The average molecular weight is 354 g/mol. The second-order valence-electron chi connectivity index (χ2n) is 6.45. The van der Waals surface area contributed by atoms with Crippen LogP contribution >= 0.6 is 0 Å². The molecule has 2 aromatic rings. The van der Waals surface area contributed by atoms with Crippen LogP contribution in [-0.2, 0) is 4.79 Å². The van der Waals surface area contributed by atoms with Crippen molar-refractivity contribution >= 4 is 23.0 Å². The Bertz CT molecular complexity index is 784. The number of nitro benzene ring substituents is 1. The maximum Gasteiger partial charge on any atom is 0.269 e. The lowest BCUT2D eigenvalue weighted by atomic mass is 10.2. The number of aryl methyl sites for hydroxylation is 1. The van der Waals surface area contributed by atoms with Gasteiger partial charge in [-0.3, -0.25) is 19.8 Å². The van der Waals surface area contributed by atoms with Crippen LogP contribution in [0.3, 0.4) is 0 Å². The molecule has 136 valence electrons. The van der Waals surface area contributed by atoms with Gasteiger partial charge in [-0.25, -0.2) is 0 Å². The highest BCUT2D eigenvalue weighted by Crippen LogP contribution is 2.20. The van der Waals surface area contributed by atoms with E-state index in [9.17, 15) is 14.9 Å². The maximum absolute atomic E-state index is 12.2. The predicted octanol–water partition coefficient (Wildman–Crippen LogP) is 2.66. The lowest BCUT2D eigenvalue weighted by molar-refractivity contribution is -0.384. The number of carbonyl (C=O) groups is 1. The molecule has 0 radical (unpaired) electrons. The molecule has 1 heterocycles. The molecule has 1 N–H and O–H groups in total. The Balaban J connectivity index is 1.49. The summed E-state index contributed by atoms with van der Waals surface area (Å²) in [6.45, 7) is 5.48. The summed E-state index contributed by atoms with van der Waals surface area (Å²) in [7, 11) is 0. The predicted molar refractivity (Wildman–Crippen MR) is 102 cm³/mol. The van der Waals surface area contributed by atoms with Gasteiger partial charge in [0.2, 0.25) is 5.91 Å². The quantitative estimate of drug-likeness (QED) is 0.660. The number of amides is 1. The molecule has 1 aliphatic rings. The molecule has 3 rings (SSSR count). The molecule has 0 aliphatic carbocycles. The van der Waals surface area contributed by atoms with Gasteiger partial charge in [0, 0.05) is 49.7 Å². The van der Waals surface area contributed by atoms with E-state index in [4.69, 9.17) is 0 Å². The third kappa shape index (κ3) is 4.58. The minimum absolute atomic E-state index is 0.0145. The Hall–Kier alpha value is -2.93. The van der Waals surface area contributed by atoms with Crippen molar-refractivity contribution in [2.75, 3.05) is 42.9 Å². The number of non-ortho nitro benzene ring substituents is 1. The van der Waals surface area contributed by atoms with Crippen molar-refractivity contribution in [3.05, 3.63) is 64.2 Å². The number of piperazine rings is 1. The van der Waals surface area contributed by atoms with Crippen LogP contribution in [0.4, 0.5) is 17.1 Å². The van der Waals surface area contributed by atoms with Crippen LogP contribution < -0.4 is 10.2 Å². The minimum atomic E-state index is -0.394. The smallest absolute Gasteiger partial charge is 0.269 e. The molecule has 7 nitrogen and oxygen atoms in total. The molecule has 7 heteroatoms. The first-order valence-electron chi connectivity index (χ1n) is 8.59. The van der Waals surface area contributed by atoms with Crippen molar-refractivity contribution in [2.45, 2.75) is 6.92 Å². The van der Waals surface area contributed by atoms with Crippen molar-refractivity contribution in [3.8, 4) is 0 Å². The SMILES string of the molecule is Cc1cccc(NC(=O)CN2CCN(c3ccc([N+](=O)[O-])cc3)CC2)c1. The Morgan fingerprint density at radius 2 is 1.81 bits per heavy atom. The van der Waals surface area contributed by atoms with Gasteiger partial charge >= 0.3 is 0 Å². The summed E-state index contributed by atoms with van der Waals surface area (Å²) in [4.78, 5) is 26.8. The molecule has 0 bridgehead atoms. The molecule has 1 aliphatic heterocycles. The lowest BCUT2D eigenvalue weighted by Crippen LogP contribution is -2.48. The van der Waals surface area contributed by atoms with Crippen molar-refractivity contribution < 1.29 is 9.72 Å². The van der Waals surface area contributed by atoms with E-state index in [1.165, 1.54) is 12.1 Å². The van der Waals surface area contributed by atoms with E-state index in [2.05, 4.69) is 15.1 Å². The zero-order valence-electron chi connectivity index (χ0n) is 14.7. The van der Waals surface area contributed by atoms with Crippen LogP contribution in [0.5, 0.6) is 0 Å². The fraction of sp³-hybridized carbons (Fsp3) is 0.316. The molecule has 26 heavy (non-hydrogen) atoms. The summed E-state index contributed by atoms with van der Waals surface area (Å²) in [5, 5.41) is 13.7. The Morgan fingerprint density at radius 1 is 1.12 bits per heavy atom. The zero-order chi connectivity index (χ0) is 18.5. The van der Waals surface area contributed by atoms with E-state index in [0.29, 0.717) is 6.54 Å². The first kappa shape index (κ1) is 17.9. The summed E-state index contributed by atoms with van der Waals surface area (Å²) < 4.78 is 0. The standard InChI is InChI=1S/C19H22N4O3/c1-15-3-2-4-16(13-15)20-19(24)14-21-9-11-22(12-10-21)17-5-7-18(8-6-17)23(25)26/h2-8,13H,9-12,14H2,1H3,(H,20,24). The number of carbonyl (C=O) groups excluding carboxylic acids is 1. The molecule has 0 saturated carbocycles. The number of hydrogen-bond donors (Lipinski definition) is 1. The van der Waals surface area contributed by atoms with Gasteiger partial charge in [-0.1, -0.05) is 12.1 Å². The summed E-state index contributed by atoms with van der Waals surface area (Å²) in [6.07, 6.45) is 0. The van der Waals surface area contributed by atoms with Crippen LogP contribution in [-0.4, -0.2) is 48.5 Å². The first-order chi connectivity index (χ1) is 12.5. The monoisotopic (exact) mass is 354 g/mol. The van der Waals surface area contributed by atoms with Crippen LogP contribution in [0.1, 0.15) is 5.56 Å². The molecular weight excluding hydrogens is 332 g/mol. The van der Waals surface area contributed by atoms with Crippen molar-refractivity contribution in [2.24, 2.45) is 0 Å². The minimum Gasteiger partial charge on any atom is -0.369 e. The lowest BCUT2D eigenvalue weighted by Gasteiger charge is -2.35. The molecule has 1 fully saturated rings. The van der Waals surface area contributed by atoms with E-state index in [1.807, 2.05) is 31.2 Å². The van der Waals surface area contributed by atoms with Gasteiger partial charge in [0.25, 0.3) is 5.69 Å². The Morgan fingerprint density at radius 3 is 2.42 bits per heavy atom. The molecule has 1 saturated heterocycles. The number of rotatable bonds is 5. The van der Waals surface area contributed by atoms with E-state index < -0.39 is 4.92 Å². The van der Waals surface area contributed by atoms with Crippen molar-refractivity contribution in [3.63, 3.8) is 0 Å². The number of benzene rings is 2. The Kier molecular flexibility index (Phi) is 5.48. The zero-order valence-corrected chi connectivity index (χ0v) is 14.7. The fourth-order valence-corrected chi connectivity index (χ4v) is 3.08. The van der Waals surface area contributed by atoms with Gasteiger partial charge in [0.15, 0.2) is 0 Å². The number of anilines is 2. The summed E-state index contributed by atoms with van der Waals surface area (Å²) >= 11 is 0. The molecule has 0 spiro atoms. The number of hydrogen-bond acceptors (Lipinski definition) is 5.